The zero-order valence-electron chi connectivity index (χ0n) is 16.7. The van der Waals surface area contributed by atoms with E-state index in [1.807, 2.05) is 10.6 Å². The predicted octanol–water partition coefficient (Wildman–Crippen LogP) is 2.71. The van der Waals surface area contributed by atoms with Gasteiger partial charge in [0.15, 0.2) is 5.96 Å². The van der Waals surface area contributed by atoms with Gasteiger partial charge in [-0.25, -0.2) is 0 Å². The molecular weight excluding hydrogens is 455 g/mol. The normalized spacial score (nSPS) is 11.0. The molecule has 2 rings (SSSR count). The van der Waals surface area contributed by atoms with Gasteiger partial charge >= 0.3 is 0 Å². The molecule has 0 aliphatic carbocycles. The molecule has 0 spiro atoms. The highest BCUT2D eigenvalue weighted by Crippen LogP contribution is 2.21. The van der Waals surface area contributed by atoms with Crippen LogP contribution >= 0.6 is 24.0 Å². The summed E-state index contributed by atoms with van der Waals surface area (Å²) in [6.45, 7) is 11.8. The molecule has 0 radical (unpaired) electrons. The molecule has 0 aliphatic rings. The topological polar surface area (TPSA) is 76.4 Å². The van der Waals surface area contributed by atoms with Crippen LogP contribution in [-0.2, 0) is 13.0 Å². The Hall–Kier alpha value is -1.84. The molecule has 2 N–H and O–H groups in total. The average molecular weight is 486 g/mol. The summed E-state index contributed by atoms with van der Waals surface area (Å²) in [6.07, 6.45) is 2.63. The zero-order chi connectivity index (χ0) is 18.8. The van der Waals surface area contributed by atoms with Crippen molar-refractivity contribution in [3.8, 4) is 5.75 Å². The lowest BCUT2D eigenvalue weighted by molar-refractivity contribution is 0.317. The summed E-state index contributed by atoms with van der Waals surface area (Å²) in [5.41, 5.74) is 2.32. The van der Waals surface area contributed by atoms with Crippen molar-refractivity contribution >= 4 is 29.9 Å². The molecule has 0 aliphatic heterocycles. The number of ether oxygens (including phenoxy) is 1. The molecule has 150 valence electrons. The minimum atomic E-state index is 0. The Labute approximate surface area is 179 Å². The van der Waals surface area contributed by atoms with Crippen molar-refractivity contribution in [1.82, 2.24) is 25.4 Å². The number of halogens is 1. The predicted molar refractivity (Wildman–Crippen MR) is 120 cm³/mol. The molecule has 1 aromatic carbocycles. The maximum absolute atomic E-state index is 5.92. The molecule has 0 amide bonds. The maximum atomic E-state index is 5.92. The van der Waals surface area contributed by atoms with Crippen molar-refractivity contribution in [2.75, 3.05) is 26.2 Å². The lowest BCUT2D eigenvalue weighted by atomic mass is 10.1. The molecule has 0 unspecified atom stereocenters. The van der Waals surface area contributed by atoms with E-state index in [-0.39, 0.29) is 24.0 Å². The number of rotatable bonds is 9. The highest BCUT2D eigenvalue weighted by atomic mass is 127. The Morgan fingerprint density at radius 2 is 1.93 bits per heavy atom. The van der Waals surface area contributed by atoms with Gasteiger partial charge in [0, 0.05) is 19.5 Å². The van der Waals surface area contributed by atoms with Gasteiger partial charge in [0.1, 0.15) is 24.5 Å². The Morgan fingerprint density at radius 1 is 1.19 bits per heavy atom. The molecule has 0 fully saturated rings. The number of guanidine groups is 1. The molecular formula is C19H31IN6O. The van der Waals surface area contributed by atoms with Gasteiger partial charge in [-0.3, -0.25) is 4.99 Å². The van der Waals surface area contributed by atoms with Crippen molar-refractivity contribution in [3.63, 3.8) is 0 Å². The second-order valence-electron chi connectivity index (χ2n) is 6.05. The minimum Gasteiger partial charge on any atom is -0.491 e. The number of hydrogen-bond acceptors (Lipinski definition) is 4. The van der Waals surface area contributed by atoms with Gasteiger partial charge in [0.2, 0.25) is 0 Å². The van der Waals surface area contributed by atoms with Crippen LogP contribution in [0.3, 0.4) is 0 Å². The monoisotopic (exact) mass is 486 g/mol. The molecule has 1 aromatic heterocycles. The summed E-state index contributed by atoms with van der Waals surface area (Å²) in [7, 11) is 0. The first-order valence-electron chi connectivity index (χ1n) is 9.23. The van der Waals surface area contributed by atoms with Crippen LogP contribution in [-0.4, -0.2) is 47.0 Å². The summed E-state index contributed by atoms with van der Waals surface area (Å²) in [5, 5.41) is 14.6. The number of nitrogens with one attached hydrogen (secondary N) is 2. The molecule has 0 saturated carbocycles. The Kier molecular flexibility index (Phi) is 10.8. The summed E-state index contributed by atoms with van der Waals surface area (Å²) >= 11 is 0. The lowest BCUT2D eigenvalue weighted by Gasteiger charge is -2.14. The summed E-state index contributed by atoms with van der Waals surface area (Å²) in [6, 6.07) is 6.18. The highest BCUT2D eigenvalue weighted by molar-refractivity contribution is 14.0. The fourth-order valence-corrected chi connectivity index (χ4v) is 2.70. The molecule has 0 bridgehead atoms. The van der Waals surface area contributed by atoms with Crippen molar-refractivity contribution in [1.29, 1.82) is 0 Å². The fraction of sp³-hybridized carbons (Fsp3) is 0.526. The first-order chi connectivity index (χ1) is 12.7. The maximum Gasteiger partial charge on any atom is 0.191 e. The van der Waals surface area contributed by atoms with Crippen LogP contribution in [0, 0.1) is 13.8 Å². The third-order valence-electron chi connectivity index (χ3n) is 4.02. The zero-order valence-corrected chi connectivity index (χ0v) is 19.0. The molecule has 1 heterocycles. The lowest BCUT2D eigenvalue weighted by Crippen LogP contribution is -2.39. The molecule has 8 heteroatoms. The highest BCUT2D eigenvalue weighted by Gasteiger charge is 2.04. The van der Waals surface area contributed by atoms with Gasteiger partial charge < -0.3 is 19.9 Å². The second-order valence-corrected chi connectivity index (χ2v) is 6.05. The number of hydrogen-bond donors (Lipinski definition) is 2. The summed E-state index contributed by atoms with van der Waals surface area (Å²) in [5.74, 6) is 2.75. The standard InChI is InChI=1S/C19H30N6O.HI/c1-5-17-24-23-14-25(17)12-10-21-19(20-6-2)22-11-13-26-18-15(3)8-7-9-16(18)4;/h7-9,14H,5-6,10-13H2,1-4H3,(H2,20,21,22);1H. The summed E-state index contributed by atoms with van der Waals surface area (Å²) < 4.78 is 7.96. The molecule has 0 atom stereocenters. The fourth-order valence-electron chi connectivity index (χ4n) is 2.70. The van der Waals surface area contributed by atoms with Gasteiger partial charge in [-0.05, 0) is 31.9 Å². The van der Waals surface area contributed by atoms with Crippen molar-refractivity contribution in [2.45, 2.75) is 40.7 Å². The van der Waals surface area contributed by atoms with Gasteiger partial charge in [0.05, 0.1) is 13.1 Å². The number of aliphatic imine (C=N–C) groups is 1. The first kappa shape index (κ1) is 23.2. The second kappa shape index (κ2) is 12.5. The third-order valence-corrected chi connectivity index (χ3v) is 4.02. The quantitative estimate of drug-likeness (QED) is 0.247. The van der Waals surface area contributed by atoms with Gasteiger partial charge in [-0.1, -0.05) is 25.1 Å². The number of benzene rings is 1. The van der Waals surface area contributed by atoms with Crippen LogP contribution in [0.2, 0.25) is 0 Å². The molecule has 2 aromatic rings. The number of aryl methyl sites for hydroxylation is 3. The van der Waals surface area contributed by atoms with Crippen LogP contribution in [0.25, 0.3) is 0 Å². The Bertz CT molecular complexity index is 696. The van der Waals surface area contributed by atoms with E-state index in [0.717, 1.165) is 48.2 Å². The number of aromatic nitrogens is 3. The van der Waals surface area contributed by atoms with Crippen LogP contribution in [0.4, 0.5) is 0 Å². The van der Waals surface area contributed by atoms with E-state index in [4.69, 9.17) is 4.74 Å². The van der Waals surface area contributed by atoms with Crippen LogP contribution in [0.1, 0.15) is 30.8 Å². The molecule has 7 nitrogen and oxygen atoms in total. The van der Waals surface area contributed by atoms with Gasteiger partial charge in [-0.2, -0.15) is 0 Å². The Morgan fingerprint density at radius 3 is 2.59 bits per heavy atom. The van der Waals surface area contributed by atoms with Crippen LogP contribution < -0.4 is 15.4 Å². The number of nitrogens with zero attached hydrogens (tertiary/aromatic N) is 4. The van der Waals surface area contributed by atoms with E-state index in [0.29, 0.717) is 19.7 Å². The van der Waals surface area contributed by atoms with E-state index in [1.54, 1.807) is 6.33 Å². The summed E-state index contributed by atoms with van der Waals surface area (Å²) in [4.78, 5) is 4.61. The van der Waals surface area contributed by atoms with Gasteiger partial charge in [0.25, 0.3) is 0 Å². The molecule has 27 heavy (non-hydrogen) atoms. The Balaban J connectivity index is 0.00000364. The first-order valence-corrected chi connectivity index (χ1v) is 9.23. The van der Waals surface area contributed by atoms with Crippen molar-refractivity contribution in [2.24, 2.45) is 4.99 Å². The van der Waals surface area contributed by atoms with Gasteiger partial charge in [-0.15, -0.1) is 34.2 Å². The van der Waals surface area contributed by atoms with Crippen molar-refractivity contribution < 1.29 is 4.74 Å². The van der Waals surface area contributed by atoms with Crippen LogP contribution in [0.15, 0.2) is 29.5 Å². The van der Waals surface area contributed by atoms with E-state index >= 15 is 0 Å². The van der Waals surface area contributed by atoms with Crippen LogP contribution in [0.5, 0.6) is 5.75 Å². The van der Waals surface area contributed by atoms with Crippen molar-refractivity contribution in [3.05, 3.63) is 41.5 Å². The smallest absolute Gasteiger partial charge is 0.191 e. The largest absolute Gasteiger partial charge is 0.491 e. The number of para-hydroxylation sites is 1. The average Bonchev–Trinajstić information content (AvgIpc) is 3.08. The minimum absolute atomic E-state index is 0. The SMILES string of the molecule is CCNC(=NCCn1cnnc1CC)NCCOc1c(C)cccc1C.I. The van der Waals surface area contributed by atoms with E-state index < -0.39 is 0 Å². The third kappa shape index (κ3) is 7.36. The van der Waals surface area contributed by atoms with E-state index in [2.05, 4.69) is 65.7 Å². The molecule has 0 saturated heterocycles. The van der Waals surface area contributed by atoms with E-state index in [1.165, 1.54) is 0 Å². The van der Waals surface area contributed by atoms with E-state index in [9.17, 15) is 0 Å².